The van der Waals surface area contributed by atoms with Gasteiger partial charge in [0.15, 0.2) is 0 Å². The zero-order chi connectivity index (χ0) is 17.5. The van der Waals surface area contributed by atoms with E-state index in [2.05, 4.69) is 26.8 Å². The lowest BCUT2D eigenvalue weighted by Gasteiger charge is -2.14. The zero-order valence-corrected chi connectivity index (χ0v) is 14.7. The average Bonchev–Trinajstić information content (AvgIpc) is 3.04. The number of aromatic nitrogens is 3. The Morgan fingerprint density at radius 1 is 1.20 bits per heavy atom. The predicted octanol–water partition coefficient (Wildman–Crippen LogP) is 2.59. The van der Waals surface area contributed by atoms with Crippen molar-refractivity contribution in [3.05, 3.63) is 53.4 Å². The summed E-state index contributed by atoms with van der Waals surface area (Å²) in [4.78, 5) is 15.6. The Morgan fingerprint density at radius 2 is 2.08 bits per heavy atom. The van der Waals surface area contributed by atoms with Crippen molar-refractivity contribution in [2.24, 2.45) is 0 Å². The number of pyridine rings is 1. The Kier molecular flexibility index (Phi) is 6.42. The number of hydrogen-bond acceptors (Lipinski definition) is 5. The van der Waals surface area contributed by atoms with Crippen LogP contribution in [0, 0.1) is 0 Å². The summed E-state index contributed by atoms with van der Waals surface area (Å²) in [5.41, 5.74) is 2.88. The number of nitrogens with zero attached hydrogens (tertiary/aromatic N) is 4. The third kappa shape index (κ3) is 5.54. The summed E-state index contributed by atoms with van der Waals surface area (Å²) in [5.74, 6) is 0.791. The quantitative estimate of drug-likeness (QED) is 0.689. The Balaban J connectivity index is 1.47. The number of alkyl halides is 1. The van der Waals surface area contributed by atoms with E-state index in [1.54, 1.807) is 6.20 Å². The van der Waals surface area contributed by atoms with Crippen molar-refractivity contribution < 1.29 is 9.13 Å². The van der Waals surface area contributed by atoms with Crippen LogP contribution in [0.2, 0.25) is 0 Å². The van der Waals surface area contributed by atoms with Gasteiger partial charge in [0.2, 0.25) is 0 Å². The fraction of sp³-hybridized carbons (Fsp3) is 0.526. The van der Waals surface area contributed by atoms with Crippen molar-refractivity contribution in [2.45, 2.75) is 39.0 Å². The highest BCUT2D eigenvalue weighted by molar-refractivity contribution is 5.15. The van der Waals surface area contributed by atoms with Gasteiger partial charge in [-0.15, -0.1) is 0 Å². The molecule has 6 heteroatoms. The molecular weight excluding hydrogens is 319 g/mol. The number of rotatable bonds is 8. The molecule has 134 valence electrons. The maximum Gasteiger partial charge on any atom is 0.134 e. The summed E-state index contributed by atoms with van der Waals surface area (Å²) in [5, 5.41) is 0. The van der Waals surface area contributed by atoms with E-state index in [0.717, 1.165) is 42.4 Å². The van der Waals surface area contributed by atoms with Gasteiger partial charge in [-0.1, -0.05) is 13.0 Å². The lowest BCUT2D eigenvalue weighted by Crippen LogP contribution is -2.25. The normalized spacial score (nSPS) is 17.9. The molecule has 2 aromatic rings. The number of aryl methyl sites for hydroxylation is 1. The molecule has 0 saturated carbocycles. The van der Waals surface area contributed by atoms with Crippen molar-refractivity contribution in [3.8, 4) is 0 Å². The van der Waals surface area contributed by atoms with Crippen molar-refractivity contribution in [1.29, 1.82) is 0 Å². The van der Waals surface area contributed by atoms with Crippen LogP contribution in [0.1, 0.15) is 36.3 Å². The second kappa shape index (κ2) is 8.97. The molecule has 25 heavy (non-hydrogen) atoms. The van der Waals surface area contributed by atoms with E-state index in [-0.39, 0.29) is 0 Å². The molecule has 1 atom stereocenters. The lowest BCUT2D eigenvalue weighted by molar-refractivity contribution is 0.0953. The largest absolute Gasteiger partial charge is 0.374 e. The first-order valence-electron chi connectivity index (χ1n) is 8.92. The van der Waals surface area contributed by atoms with Crippen molar-refractivity contribution in [2.75, 3.05) is 26.2 Å². The molecule has 0 N–H and O–H groups in total. The minimum atomic E-state index is -0.674. The first kappa shape index (κ1) is 17.9. The Hall–Kier alpha value is -1.92. The molecule has 0 spiro atoms. The zero-order valence-electron chi connectivity index (χ0n) is 14.7. The molecule has 0 bridgehead atoms. The number of ether oxygens (including phenoxy) is 1. The van der Waals surface area contributed by atoms with Gasteiger partial charge in [0.25, 0.3) is 0 Å². The summed E-state index contributed by atoms with van der Waals surface area (Å²) < 4.78 is 18.8. The van der Waals surface area contributed by atoms with Crippen LogP contribution in [-0.2, 0) is 24.2 Å². The SMILES string of the molecule is CCc1ccnc(Cc2cccc(COCCN3CC[C@@H](F)C3)n2)n1. The molecule has 3 rings (SSSR count). The second-order valence-corrected chi connectivity index (χ2v) is 6.35. The monoisotopic (exact) mass is 344 g/mol. The second-order valence-electron chi connectivity index (χ2n) is 6.35. The van der Waals surface area contributed by atoms with Gasteiger partial charge < -0.3 is 4.74 Å². The first-order valence-corrected chi connectivity index (χ1v) is 8.92. The van der Waals surface area contributed by atoms with E-state index in [0.29, 0.717) is 32.6 Å². The highest BCUT2D eigenvalue weighted by Crippen LogP contribution is 2.11. The van der Waals surface area contributed by atoms with Gasteiger partial charge in [-0.3, -0.25) is 9.88 Å². The van der Waals surface area contributed by atoms with Crippen LogP contribution in [0.4, 0.5) is 4.39 Å². The fourth-order valence-electron chi connectivity index (χ4n) is 2.95. The Labute approximate surface area is 148 Å². The molecule has 1 fully saturated rings. The third-order valence-corrected chi connectivity index (χ3v) is 4.35. The molecule has 3 heterocycles. The molecule has 5 nitrogen and oxygen atoms in total. The van der Waals surface area contributed by atoms with Gasteiger partial charge in [0.1, 0.15) is 12.0 Å². The number of likely N-dealkylation sites (tertiary alicyclic amines) is 1. The van der Waals surface area contributed by atoms with Gasteiger partial charge in [-0.05, 0) is 31.0 Å². The third-order valence-electron chi connectivity index (χ3n) is 4.35. The van der Waals surface area contributed by atoms with Crippen LogP contribution in [0.3, 0.4) is 0 Å². The standard InChI is InChI=1S/C19H25FN4O/c1-2-16-6-8-21-19(23-16)12-17-4-3-5-18(22-17)14-25-11-10-24-9-7-15(20)13-24/h3-6,8,15H,2,7,9-14H2,1H3/t15-/m1/s1. The molecule has 0 aliphatic carbocycles. The summed E-state index contributed by atoms with van der Waals surface area (Å²) in [7, 11) is 0. The fourth-order valence-corrected chi connectivity index (χ4v) is 2.95. The summed E-state index contributed by atoms with van der Waals surface area (Å²) >= 11 is 0. The van der Waals surface area contributed by atoms with Crippen LogP contribution in [0.15, 0.2) is 30.5 Å². The van der Waals surface area contributed by atoms with Gasteiger partial charge >= 0.3 is 0 Å². The van der Waals surface area contributed by atoms with Crippen LogP contribution < -0.4 is 0 Å². The van der Waals surface area contributed by atoms with E-state index in [1.807, 2.05) is 24.3 Å². The Bertz CT molecular complexity index is 682. The topological polar surface area (TPSA) is 51.1 Å². The van der Waals surface area contributed by atoms with E-state index < -0.39 is 6.17 Å². The maximum atomic E-state index is 13.1. The van der Waals surface area contributed by atoms with Crippen LogP contribution >= 0.6 is 0 Å². The Morgan fingerprint density at radius 3 is 2.88 bits per heavy atom. The molecule has 1 aliphatic heterocycles. The molecule has 0 aromatic carbocycles. The van der Waals surface area contributed by atoms with E-state index in [1.165, 1.54) is 0 Å². The van der Waals surface area contributed by atoms with Gasteiger partial charge in [-0.2, -0.15) is 0 Å². The van der Waals surface area contributed by atoms with Crippen LogP contribution in [0.5, 0.6) is 0 Å². The van der Waals surface area contributed by atoms with E-state index >= 15 is 0 Å². The summed E-state index contributed by atoms with van der Waals surface area (Å²) in [6.07, 6.45) is 3.29. The average molecular weight is 344 g/mol. The smallest absolute Gasteiger partial charge is 0.134 e. The molecule has 0 amide bonds. The number of halogens is 1. The van der Waals surface area contributed by atoms with Crippen molar-refractivity contribution in [1.82, 2.24) is 19.9 Å². The minimum Gasteiger partial charge on any atom is -0.374 e. The minimum absolute atomic E-state index is 0.469. The van der Waals surface area contributed by atoms with Crippen LogP contribution in [-0.4, -0.2) is 52.3 Å². The summed E-state index contributed by atoms with van der Waals surface area (Å²) in [6.45, 7) is 5.29. The van der Waals surface area contributed by atoms with Crippen molar-refractivity contribution >= 4 is 0 Å². The molecule has 0 unspecified atom stereocenters. The predicted molar refractivity (Wildman–Crippen MR) is 94.1 cm³/mol. The molecule has 1 saturated heterocycles. The molecule has 2 aromatic heterocycles. The molecular formula is C19H25FN4O. The molecule has 1 aliphatic rings. The van der Waals surface area contributed by atoms with E-state index in [4.69, 9.17) is 4.74 Å². The van der Waals surface area contributed by atoms with Gasteiger partial charge in [0, 0.05) is 37.2 Å². The highest BCUT2D eigenvalue weighted by atomic mass is 19.1. The highest BCUT2D eigenvalue weighted by Gasteiger charge is 2.20. The maximum absolute atomic E-state index is 13.1. The molecule has 0 radical (unpaired) electrons. The van der Waals surface area contributed by atoms with Gasteiger partial charge in [0.05, 0.1) is 25.3 Å². The van der Waals surface area contributed by atoms with Gasteiger partial charge in [-0.25, -0.2) is 14.4 Å². The number of hydrogen-bond donors (Lipinski definition) is 0. The van der Waals surface area contributed by atoms with E-state index in [9.17, 15) is 4.39 Å². The summed E-state index contributed by atoms with van der Waals surface area (Å²) in [6, 6.07) is 7.86. The first-order chi connectivity index (χ1) is 12.2. The van der Waals surface area contributed by atoms with Crippen molar-refractivity contribution in [3.63, 3.8) is 0 Å². The van der Waals surface area contributed by atoms with Crippen LogP contribution in [0.25, 0.3) is 0 Å². The lowest BCUT2D eigenvalue weighted by atomic mass is 10.2.